The van der Waals surface area contributed by atoms with Crippen molar-refractivity contribution in [3.63, 3.8) is 0 Å². The summed E-state index contributed by atoms with van der Waals surface area (Å²) < 4.78 is 10.7. The van der Waals surface area contributed by atoms with E-state index in [1.807, 2.05) is 59.6 Å². The van der Waals surface area contributed by atoms with Crippen LogP contribution in [0.5, 0.6) is 0 Å². The number of methoxy groups -OCH3 is 1. The number of carbonyl (C=O) groups excluding carboxylic acids is 2. The van der Waals surface area contributed by atoms with Crippen molar-refractivity contribution in [3.05, 3.63) is 46.2 Å². The topological polar surface area (TPSA) is 71.1 Å². The molecule has 2 amide bonds. The van der Waals surface area contributed by atoms with E-state index in [-0.39, 0.29) is 24.5 Å². The number of ether oxygens (including phenoxy) is 2. The zero-order valence-electron chi connectivity index (χ0n) is 17.7. The molecule has 2 aromatic rings. The van der Waals surface area contributed by atoms with Crippen LogP contribution in [0.15, 0.2) is 35.7 Å². The highest BCUT2D eigenvalue weighted by Gasteiger charge is 2.25. The summed E-state index contributed by atoms with van der Waals surface area (Å²) in [5, 5.41) is 4.76. The van der Waals surface area contributed by atoms with Gasteiger partial charge < -0.3 is 24.6 Å². The van der Waals surface area contributed by atoms with Crippen molar-refractivity contribution in [2.24, 2.45) is 0 Å². The molecule has 1 aromatic heterocycles. The van der Waals surface area contributed by atoms with Crippen molar-refractivity contribution in [3.8, 4) is 0 Å². The molecule has 0 radical (unpaired) electrons. The minimum absolute atomic E-state index is 0.000900. The van der Waals surface area contributed by atoms with Crippen LogP contribution in [0.3, 0.4) is 0 Å². The first-order chi connectivity index (χ1) is 14.5. The Morgan fingerprint density at radius 2 is 2.13 bits per heavy atom. The van der Waals surface area contributed by atoms with Gasteiger partial charge in [-0.05, 0) is 48.1 Å². The number of thiophene rings is 1. The summed E-state index contributed by atoms with van der Waals surface area (Å²) in [5.41, 5.74) is 2.63. The van der Waals surface area contributed by atoms with E-state index in [2.05, 4.69) is 5.32 Å². The number of hydrogen-bond acceptors (Lipinski definition) is 6. The average molecular weight is 432 g/mol. The molecule has 0 unspecified atom stereocenters. The third kappa shape index (κ3) is 5.81. The van der Waals surface area contributed by atoms with Gasteiger partial charge in [0.1, 0.15) is 6.61 Å². The van der Waals surface area contributed by atoms with Crippen molar-refractivity contribution in [1.82, 2.24) is 4.90 Å². The van der Waals surface area contributed by atoms with Gasteiger partial charge in [-0.2, -0.15) is 0 Å². The maximum Gasteiger partial charge on any atom is 0.264 e. The molecule has 8 heteroatoms. The van der Waals surface area contributed by atoms with Gasteiger partial charge in [0, 0.05) is 52.3 Å². The Balaban J connectivity index is 1.86. The number of rotatable bonds is 9. The van der Waals surface area contributed by atoms with E-state index < -0.39 is 0 Å². The van der Waals surface area contributed by atoms with Crippen LogP contribution in [0.25, 0.3) is 0 Å². The van der Waals surface area contributed by atoms with Gasteiger partial charge in [-0.25, -0.2) is 0 Å². The molecule has 1 aromatic carbocycles. The van der Waals surface area contributed by atoms with Crippen LogP contribution in [-0.4, -0.2) is 63.8 Å². The Kier molecular flexibility index (Phi) is 7.84. The third-order valence-corrected chi connectivity index (χ3v) is 5.81. The van der Waals surface area contributed by atoms with Gasteiger partial charge in [0.05, 0.1) is 11.0 Å². The molecule has 3 rings (SSSR count). The van der Waals surface area contributed by atoms with Crippen molar-refractivity contribution in [2.75, 3.05) is 51.2 Å². The van der Waals surface area contributed by atoms with E-state index in [0.29, 0.717) is 23.7 Å². The fourth-order valence-corrected chi connectivity index (χ4v) is 4.26. The fourth-order valence-electron chi connectivity index (χ4n) is 3.57. The Morgan fingerprint density at radius 1 is 1.30 bits per heavy atom. The average Bonchev–Trinajstić information content (AvgIpc) is 3.41. The maximum absolute atomic E-state index is 13.2. The van der Waals surface area contributed by atoms with E-state index in [4.69, 9.17) is 9.47 Å². The van der Waals surface area contributed by atoms with Crippen LogP contribution in [0.4, 0.5) is 11.4 Å². The monoisotopic (exact) mass is 431 g/mol. The predicted molar refractivity (Wildman–Crippen MR) is 119 cm³/mol. The van der Waals surface area contributed by atoms with Crippen LogP contribution in [0, 0.1) is 0 Å². The van der Waals surface area contributed by atoms with Crippen LogP contribution in [0.2, 0.25) is 0 Å². The summed E-state index contributed by atoms with van der Waals surface area (Å²) in [6.07, 6.45) is 2.04. The van der Waals surface area contributed by atoms with Gasteiger partial charge in [-0.3, -0.25) is 9.59 Å². The Labute approximate surface area is 181 Å². The second-order valence-electron chi connectivity index (χ2n) is 7.52. The summed E-state index contributed by atoms with van der Waals surface area (Å²) in [6, 6.07) is 9.48. The molecule has 0 aliphatic carbocycles. The molecular formula is C22H29N3O4S. The molecule has 0 saturated carbocycles. The molecular weight excluding hydrogens is 402 g/mol. The molecule has 0 spiro atoms. The first-order valence-electron chi connectivity index (χ1n) is 10.0. The molecule has 1 atom stereocenters. The summed E-state index contributed by atoms with van der Waals surface area (Å²) in [6.45, 7) is 1.71. The van der Waals surface area contributed by atoms with Crippen molar-refractivity contribution < 1.29 is 19.1 Å². The number of carbonyl (C=O) groups is 2. The van der Waals surface area contributed by atoms with E-state index in [1.165, 1.54) is 18.4 Å². The smallest absolute Gasteiger partial charge is 0.264 e. The van der Waals surface area contributed by atoms with Crippen molar-refractivity contribution in [1.29, 1.82) is 0 Å². The van der Waals surface area contributed by atoms with Crippen molar-refractivity contribution >= 4 is 34.5 Å². The minimum Gasteiger partial charge on any atom is -0.377 e. The Hall–Kier alpha value is -2.42. The highest BCUT2D eigenvalue weighted by Crippen LogP contribution is 2.27. The zero-order chi connectivity index (χ0) is 21.5. The number of nitrogens with zero attached hydrogens (tertiary/aromatic N) is 2. The number of nitrogens with one attached hydrogen (secondary N) is 1. The standard InChI is InChI=1S/C22H29N3O4S/c1-24(2)19-9-8-17(23-21(26)15-28-3)12-16(19)13-25(14-18-6-4-10-29-18)22(27)20-7-5-11-30-20/h5,7-9,11-12,18H,4,6,10,13-15H2,1-3H3,(H,23,26)/t18-/m1/s1. The summed E-state index contributed by atoms with van der Waals surface area (Å²) in [7, 11) is 5.42. The van der Waals surface area contributed by atoms with Gasteiger partial charge in [0.15, 0.2) is 0 Å². The van der Waals surface area contributed by atoms with Crippen LogP contribution in [0.1, 0.15) is 28.1 Å². The first kappa shape index (κ1) is 22.3. The molecule has 7 nitrogen and oxygen atoms in total. The molecule has 1 saturated heterocycles. The largest absolute Gasteiger partial charge is 0.377 e. The summed E-state index contributed by atoms with van der Waals surface area (Å²) in [4.78, 5) is 29.7. The van der Waals surface area contributed by atoms with Crippen LogP contribution in [-0.2, 0) is 20.8 Å². The molecule has 30 heavy (non-hydrogen) atoms. The van der Waals surface area contributed by atoms with E-state index in [0.717, 1.165) is 30.7 Å². The lowest BCUT2D eigenvalue weighted by Crippen LogP contribution is -2.37. The minimum atomic E-state index is -0.216. The summed E-state index contributed by atoms with van der Waals surface area (Å²) in [5.74, 6) is -0.217. The lowest BCUT2D eigenvalue weighted by molar-refractivity contribution is -0.119. The quantitative estimate of drug-likeness (QED) is 0.660. The molecule has 1 aliphatic heterocycles. The SMILES string of the molecule is COCC(=O)Nc1ccc(N(C)C)c(CN(C[C@H]2CCCO2)C(=O)c2cccs2)c1. The number of benzene rings is 1. The van der Waals surface area contributed by atoms with Crippen LogP contribution >= 0.6 is 11.3 Å². The van der Waals surface area contributed by atoms with Gasteiger partial charge in [-0.1, -0.05) is 6.07 Å². The lowest BCUT2D eigenvalue weighted by Gasteiger charge is -2.28. The van der Waals surface area contributed by atoms with Crippen LogP contribution < -0.4 is 10.2 Å². The first-order valence-corrected chi connectivity index (χ1v) is 10.9. The molecule has 1 N–H and O–H groups in total. The fraction of sp³-hybridized carbons (Fsp3) is 0.455. The predicted octanol–water partition coefficient (Wildman–Crippen LogP) is 3.22. The van der Waals surface area contributed by atoms with Gasteiger partial charge in [-0.15, -0.1) is 11.3 Å². The molecule has 162 valence electrons. The van der Waals surface area contributed by atoms with Gasteiger partial charge in [0.25, 0.3) is 5.91 Å². The molecule has 2 heterocycles. The third-order valence-electron chi connectivity index (χ3n) is 4.95. The number of anilines is 2. The zero-order valence-corrected chi connectivity index (χ0v) is 18.5. The number of hydrogen-bond donors (Lipinski definition) is 1. The number of amides is 2. The molecule has 1 aliphatic rings. The van der Waals surface area contributed by atoms with E-state index in [9.17, 15) is 9.59 Å². The summed E-state index contributed by atoms with van der Waals surface area (Å²) >= 11 is 1.44. The second-order valence-corrected chi connectivity index (χ2v) is 8.46. The van der Waals surface area contributed by atoms with E-state index in [1.54, 1.807) is 0 Å². The second kappa shape index (κ2) is 10.6. The lowest BCUT2D eigenvalue weighted by atomic mass is 10.1. The van der Waals surface area contributed by atoms with E-state index >= 15 is 0 Å². The highest BCUT2D eigenvalue weighted by atomic mass is 32.1. The highest BCUT2D eigenvalue weighted by molar-refractivity contribution is 7.12. The van der Waals surface area contributed by atoms with Gasteiger partial charge >= 0.3 is 0 Å². The van der Waals surface area contributed by atoms with Gasteiger partial charge in [0.2, 0.25) is 5.91 Å². The Morgan fingerprint density at radius 3 is 2.77 bits per heavy atom. The molecule has 1 fully saturated rings. The normalized spacial score (nSPS) is 15.8. The van der Waals surface area contributed by atoms with Crippen molar-refractivity contribution in [2.45, 2.75) is 25.5 Å². The Bertz CT molecular complexity index is 848. The molecule has 0 bridgehead atoms. The maximum atomic E-state index is 13.2.